The molecule has 0 rings (SSSR count). The zero-order valence-corrected chi connectivity index (χ0v) is 8.25. The van der Waals surface area contributed by atoms with Crippen molar-refractivity contribution in [1.29, 1.82) is 0 Å². The molecule has 0 N–H and O–H groups in total. The molecule has 0 saturated carbocycles. The Morgan fingerprint density at radius 2 is 1.44 bits per heavy atom. The van der Waals surface area contributed by atoms with Crippen molar-refractivity contribution in [2.75, 3.05) is 26.6 Å². The predicted molar refractivity (Wildman–Crippen MR) is 48.3 cm³/mol. The summed E-state index contributed by atoms with van der Waals surface area (Å²) in [5.74, 6) is 0. The standard InChI is InChI=1S/C7H19NS/c1-7(2)9(5,6)8(3)4/h7H,1-6H3. The lowest BCUT2D eigenvalue weighted by Crippen LogP contribution is -2.24. The molecule has 9 heavy (non-hydrogen) atoms. The lowest BCUT2D eigenvalue weighted by molar-refractivity contribution is 0.674. The molecule has 0 heterocycles. The molecule has 0 radical (unpaired) electrons. The number of rotatable bonds is 2. The van der Waals surface area contributed by atoms with E-state index < -0.39 is 10.2 Å². The second kappa shape index (κ2) is 2.93. The normalized spacial score (nSPS) is 15.1. The molecule has 0 fully saturated rings. The van der Waals surface area contributed by atoms with Gasteiger partial charge in [0.15, 0.2) is 0 Å². The minimum atomic E-state index is -0.481. The van der Waals surface area contributed by atoms with Crippen LogP contribution in [-0.4, -0.2) is 36.2 Å². The van der Waals surface area contributed by atoms with E-state index in [-0.39, 0.29) is 0 Å². The van der Waals surface area contributed by atoms with E-state index in [1.165, 1.54) is 0 Å². The van der Waals surface area contributed by atoms with Crippen LogP contribution in [0.5, 0.6) is 0 Å². The third-order valence-corrected chi connectivity index (χ3v) is 6.28. The van der Waals surface area contributed by atoms with Gasteiger partial charge in [0.25, 0.3) is 0 Å². The molecule has 0 unspecified atom stereocenters. The first-order valence-corrected chi connectivity index (χ1v) is 5.75. The van der Waals surface area contributed by atoms with Crippen LogP contribution in [-0.2, 0) is 0 Å². The summed E-state index contributed by atoms with van der Waals surface area (Å²) in [6, 6.07) is 0. The van der Waals surface area contributed by atoms with Crippen molar-refractivity contribution in [3.8, 4) is 0 Å². The van der Waals surface area contributed by atoms with E-state index in [1.807, 2.05) is 0 Å². The molecule has 0 aliphatic carbocycles. The zero-order chi connectivity index (χ0) is 7.65. The van der Waals surface area contributed by atoms with Gasteiger partial charge in [-0.1, -0.05) is 13.8 Å². The molecular weight excluding hydrogens is 130 g/mol. The smallest absolute Gasteiger partial charge is 0.00438 e. The summed E-state index contributed by atoms with van der Waals surface area (Å²) >= 11 is 0. The molecule has 0 aromatic rings. The molecule has 0 aromatic carbocycles. The van der Waals surface area contributed by atoms with Crippen molar-refractivity contribution in [3.63, 3.8) is 0 Å². The molecule has 0 saturated heterocycles. The van der Waals surface area contributed by atoms with Gasteiger partial charge in [-0.2, -0.15) is 10.2 Å². The van der Waals surface area contributed by atoms with E-state index in [1.54, 1.807) is 0 Å². The van der Waals surface area contributed by atoms with Gasteiger partial charge in [0.2, 0.25) is 0 Å². The van der Waals surface area contributed by atoms with Gasteiger partial charge in [0.1, 0.15) is 0 Å². The Morgan fingerprint density at radius 3 is 1.44 bits per heavy atom. The number of hydrogen-bond acceptors (Lipinski definition) is 1. The van der Waals surface area contributed by atoms with E-state index in [2.05, 4.69) is 44.8 Å². The van der Waals surface area contributed by atoms with Gasteiger partial charge in [-0.05, 0) is 31.9 Å². The van der Waals surface area contributed by atoms with Crippen LogP contribution in [0.3, 0.4) is 0 Å². The van der Waals surface area contributed by atoms with E-state index in [0.717, 1.165) is 5.25 Å². The van der Waals surface area contributed by atoms with Crippen LogP contribution in [0.4, 0.5) is 0 Å². The van der Waals surface area contributed by atoms with Gasteiger partial charge in [-0.25, -0.2) is 0 Å². The van der Waals surface area contributed by atoms with Crippen LogP contribution in [0.15, 0.2) is 0 Å². The largest absolute Gasteiger partial charge is 0.274 e. The fourth-order valence-corrected chi connectivity index (χ4v) is 1.26. The van der Waals surface area contributed by atoms with Crippen molar-refractivity contribution in [3.05, 3.63) is 0 Å². The Kier molecular flexibility index (Phi) is 3.03. The van der Waals surface area contributed by atoms with E-state index in [9.17, 15) is 0 Å². The summed E-state index contributed by atoms with van der Waals surface area (Å²) < 4.78 is 2.34. The third kappa shape index (κ3) is 2.18. The number of nitrogens with zero attached hydrogens (tertiary/aromatic N) is 1. The first-order valence-electron chi connectivity index (χ1n) is 3.28. The average Bonchev–Trinajstić information content (AvgIpc) is 1.65. The van der Waals surface area contributed by atoms with Crippen LogP contribution >= 0.6 is 10.2 Å². The van der Waals surface area contributed by atoms with Crippen molar-refractivity contribution in [1.82, 2.24) is 4.31 Å². The summed E-state index contributed by atoms with van der Waals surface area (Å²) in [6.07, 6.45) is 4.69. The summed E-state index contributed by atoms with van der Waals surface area (Å²) in [6.45, 7) is 4.57. The van der Waals surface area contributed by atoms with Gasteiger partial charge in [0.05, 0.1) is 0 Å². The second-order valence-corrected chi connectivity index (χ2v) is 7.58. The van der Waals surface area contributed by atoms with Crippen molar-refractivity contribution in [2.45, 2.75) is 19.1 Å². The summed E-state index contributed by atoms with van der Waals surface area (Å²) in [5.41, 5.74) is 0. The van der Waals surface area contributed by atoms with E-state index in [0.29, 0.717) is 0 Å². The summed E-state index contributed by atoms with van der Waals surface area (Å²) in [4.78, 5) is 0. The molecule has 0 amide bonds. The van der Waals surface area contributed by atoms with Crippen LogP contribution < -0.4 is 0 Å². The fourth-order valence-electron chi connectivity index (χ4n) is 0.422. The Hall–Kier alpha value is 0.310. The monoisotopic (exact) mass is 149 g/mol. The van der Waals surface area contributed by atoms with E-state index in [4.69, 9.17) is 0 Å². The Morgan fingerprint density at radius 1 is 1.11 bits per heavy atom. The van der Waals surface area contributed by atoms with Crippen molar-refractivity contribution in [2.24, 2.45) is 0 Å². The average molecular weight is 149 g/mol. The van der Waals surface area contributed by atoms with Crippen molar-refractivity contribution < 1.29 is 0 Å². The van der Waals surface area contributed by atoms with E-state index >= 15 is 0 Å². The minimum absolute atomic E-state index is 0.481. The summed E-state index contributed by atoms with van der Waals surface area (Å²) in [7, 11) is 3.84. The maximum atomic E-state index is 2.34. The van der Waals surface area contributed by atoms with Crippen LogP contribution in [0.25, 0.3) is 0 Å². The Bertz CT molecular complexity index is 76.9. The molecule has 0 atom stereocenters. The van der Waals surface area contributed by atoms with Gasteiger partial charge >= 0.3 is 0 Å². The molecule has 0 aliphatic rings. The topological polar surface area (TPSA) is 3.24 Å². The lowest BCUT2D eigenvalue weighted by atomic mass is 10.6. The maximum Gasteiger partial charge on any atom is -0.00438 e. The molecule has 0 aromatic heterocycles. The van der Waals surface area contributed by atoms with Gasteiger partial charge < -0.3 is 0 Å². The molecule has 1 nitrogen and oxygen atoms in total. The molecule has 58 valence electrons. The minimum Gasteiger partial charge on any atom is -0.274 e. The zero-order valence-electron chi connectivity index (χ0n) is 7.43. The predicted octanol–water partition coefficient (Wildman–Crippen LogP) is 1.94. The fraction of sp³-hybridized carbons (Fsp3) is 1.00. The van der Waals surface area contributed by atoms with Gasteiger partial charge in [-0.3, -0.25) is 4.31 Å². The first-order chi connectivity index (χ1) is 3.89. The molecule has 0 bridgehead atoms. The Labute approximate surface area is 60.9 Å². The highest BCUT2D eigenvalue weighted by atomic mass is 32.3. The van der Waals surface area contributed by atoms with Gasteiger partial charge in [-0.15, -0.1) is 0 Å². The highest BCUT2D eigenvalue weighted by Crippen LogP contribution is 2.46. The van der Waals surface area contributed by atoms with Crippen LogP contribution in [0, 0.1) is 0 Å². The Balaban J connectivity index is 4.01. The van der Waals surface area contributed by atoms with Crippen LogP contribution in [0.2, 0.25) is 0 Å². The SMILES string of the molecule is CC(C)S(C)(C)N(C)C. The maximum absolute atomic E-state index is 2.34. The third-order valence-electron chi connectivity index (χ3n) is 2.09. The lowest BCUT2D eigenvalue weighted by Gasteiger charge is -2.42. The highest BCUT2D eigenvalue weighted by Gasteiger charge is 2.17. The molecular formula is C7H19NS. The second-order valence-electron chi connectivity index (χ2n) is 3.21. The molecule has 0 spiro atoms. The quantitative estimate of drug-likeness (QED) is 0.580. The van der Waals surface area contributed by atoms with Crippen LogP contribution in [0.1, 0.15) is 13.8 Å². The van der Waals surface area contributed by atoms with Gasteiger partial charge in [0, 0.05) is 0 Å². The molecule has 2 heteroatoms. The summed E-state index contributed by atoms with van der Waals surface area (Å²) in [5, 5.41) is 0.799. The molecule has 0 aliphatic heterocycles. The van der Waals surface area contributed by atoms with Crippen molar-refractivity contribution >= 4 is 10.2 Å². The number of hydrogen-bond donors (Lipinski definition) is 0. The first kappa shape index (κ1) is 9.31. The highest BCUT2D eigenvalue weighted by molar-refractivity contribution is 8.31.